The molecule has 0 atom stereocenters. The number of alkyl halides is 2. The molecule has 1 amide bonds. The van der Waals surface area contributed by atoms with Crippen LogP contribution in [0.25, 0.3) is 11.1 Å². The highest BCUT2D eigenvalue weighted by Gasteiger charge is 2.37. The first-order chi connectivity index (χ1) is 16.9. The number of ether oxygens (including phenoxy) is 1. The van der Waals surface area contributed by atoms with Crippen molar-refractivity contribution in [3.8, 4) is 17.1 Å². The van der Waals surface area contributed by atoms with Crippen LogP contribution in [-0.4, -0.2) is 32.4 Å². The standard InChI is InChI=1S/C26H26F4N4O2/c1-25(2,3)36-24-32-13-16(14-33-24)23(35)34-22-18(19-12-17(27)4-5-20(19)28)8-11-31-21(22)15-6-9-26(29,30)10-7-15/h4-5,8,11-15H,6-7,9-10H2,1-3H3,(H,34,35). The molecular formula is C26H26F4N4O2. The van der Waals surface area contributed by atoms with Crippen LogP contribution in [0, 0.1) is 11.6 Å². The second-order valence-corrected chi connectivity index (χ2v) is 9.80. The molecule has 1 fully saturated rings. The van der Waals surface area contributed by atoms with Gasteiger partial charge in [-0.1, -0.05) is 0 Å². The predicted octanol–water partition coefficient (Wildman–Crippen LogP) is 6.54. The number of nitrogens with one attached hydrogen (secondary N) is 1. The van der Waals surface area contributed by atoms with E-state index in [1.165, 1.54) is 24.7 Å². The number of hydrogen-bond acceptors (Lipinski definition) is 5. The number of pyridine rings is 1. The molecule has 0 unspecified atom stereocenters. The molecule has 0 aliphatic heterocycles. The molecule has 6 nitrogen and oxygen atoms in total. The second-order valence-electron chi connectivity index (χ2n) is 9.80. The molecule has 36 heavy (non-hydrogen) atoms. The van der Waals surface area contributed by atoms with Crippen molar-refractivity contribution >= 4 is 11.6 Å². The molecule has 1 saturated carbocycles. The maximum Gasteiger partial charge on any atom is 0.316 e. The highest BCUT2D eigenvalue weighted by atomic mass is 19.3. The first-order valence-electron chi connectivity index (χ1n) is 11.6. The van der Waals surface area contributed by atoms with Gasteiger partial charge in [-0.15, -0.1) is 0 Å². The van der Waals surface area contributed by atoms with E-state index in [0.29, 0.717) is 5.69 Å². The Hall–Kier alpha value is -3.56. The van der Waals surface area contributed by atoms with Crippen molar-refractivity contribution in [1.29, 1.82) is 0 Å². The molecule has 2 heterocycles. The van der Waals surface area contributed by atoms with Crippen molar-refractivity contribution in [2.75, 3.05) is 5.32 Å². The lowest BCUT2D eigenvalue weighted by Crippen LogP contribution is -2.25. The van der Waals surface area contributed by atoms with Crippen molar-refractivity contribution in [2.45, 2.75) is 63.9 Å². The molecule has 1 aliphatic rings. The first kappa shape index (κ1) is 25.5. The summed E-state index contributed by atoms with van der Waals surface area (Å²) in [5.74, 6) is -5.14. The van der Waals surface area contributed by atoms with Gasteiger partial charge < -0.3 is 10.1 Å². The second kappa shape index (κ2) is 9.83. The van der Waals surface area contributed by atoms with Crippen LogP contribution in [0.4, 0.5) is 23.2 Å². The number of rotatable bonds is 5. The largest absolute Gasteiger partial charge is 0.458 e. The molecule has 4 rings (SSSR count). The van der Waals surface area contributed by atoms with Gasteiger partial charge >= 0.3 is 6.01 Å². The summed E-state index contributed by atoms with van der Waals surface area (Å²) in [7, 11) is 0. The van der Waals surface area contributed by atoms with Gasteiger partial charge in [-0.2, -0.15) is 0 Å². The summed E-state index contributed by atoms with van der Waals surface area (Å²) in [6, 6.07) is 4.53. The van der Waals surface area contributed by atoms with Crippen molar-refractivity contribution < 1.29 is 27.1 Å². The fourth-order valence-corrected chi connectivity index (χ4v) is 4.11. The van der Waals surface area contributed by atoms with Crippen LogP contribution < -0.4 is 10.1 Å². The Kier molecular flexibility index (Phi) is 6.97. The number of amides is 1. The summed E-state index contributed by atoms with van der Waals surface area (Å²) in [6.07, 6.45) is 3.59. The zero-order valence-electron chi connectivity index (χ0n) is 20.1. The van der Waals surface area contributed by atoms with E-state index in [1.807, 2.05) is 20.8 Å². The van der Waals surface area contributed by atoms with Crippen LogP contribution in [0.3, 0.4) is 0 Å². The van der Waals surface area contributed by atoms with E-state index in [0.717, 1.165) is 18.2 Å². The lowest BCUT2D eigenvalue weighted by molar-refractivity contribution is -0.0384. The summed E-state index contributed by atoms with van der Waals surface area (Å²) < 4.78 is 61.9. The van der Waals surface area contributed by atoms with Gasteiger partial charge in [0.1, 0.15) is 17.2 Å². The molecule has 10 heteroatoms. The fraction of sp³-hybridized carbons (Fsp3) is 0.385. The van der Waals surface area contributed by atoms with Gasteiger partial charge in [-0.05, 0) is 57.9 Å². The van der Waals surface area contributed by atoms with Gasteiger partial charge in [0.15, 0.2) is 0 Å². The number of hydrogen-bond donors (Lipinski definition) is 1. The third-order valence-corrected chi connectivity index (χ3v) is 5.83. The smallest absolute Gasteiger partial charge is 0.316 e. The van der Waals surface area contributed by atoms with E-state index in [-0.39, 0.29) is 54.1 Å². The average molecular weight is 503 g/mol. The Labute approximate surface area is 206 Å². The van der Waals surface area contributed by atoms with Crippen LogP contribution in [-0.2, 0) is 0 Å². The van der Waals surface area contributed by atoms with Gasteiger partial charge in [0, 0.05) is 48.5 Å². The van der Waals surface area contributed by atoms with Crippen molar-refractivity contribution in [3.63, 3.8) is 0 Å². The topological polar surface area (TPSA) is 77.0 Å². The van der Waals surface area contributed by atoms with Crippen LogP contribution in [0.15, 0.2) is 42.9 Å². The van der Waals surface area contributed by atoms with Crippen molar-refractivity contribution in [1.82, 2.24) is 15.0 Å². The van der Waals surface area contributed by atoms with E-state index in [1.54, 1.807) is 0 Å². The van der Waals surface area contributed by atoms with Gasteiger partial charge in [-0.25, -0.2) is 27.5 Å². The third-order valence-electron chi connectivity index (χ3n) is 5.83. The minimum absolute atomic E-state index is 0.0831. The molecule has 2 aromatic heterocycles. The zero-order valence-corrected chi connectivity index (χ0v) is 20.1. The minimum Gasteiger partial charge on any atom is -0.458 e. The van der Waals surface area contributed by atoms with Crippen LogP contribution in [0.5, 0.6) is 6.01 Å². The van der Waals surface area contributed by atoms with Gasteiger partial charge in [-0.3, -0.25) is 9.78 Å². The average Bonchev–Trinajstić information content (AvgIpc) is 2.80. The Morgan fingerprint density at radius 1 is 1.03 bits per heavy atom. The first-order valence-corrected chi connectivity index (χ1v) is 11.6. The number of nitrogens with zero attached hydrogens (tertiary/aromatic N) is 3. The minimum atomic E-state index is -2.76. The summed E-state index contributed by atoms with van der Waals surface area (Å²) in [5, 5.41) is 2.73. The summed E-state index contributed by atoms with van der Waals surface area (Å²) >= 11 is 0. The molecule has 1 N–H and O–H groups in total. The number of carbonyl (C=O) groups excluding carboxylic acids is 1. The maximum atomic E-state index is 14.7. The number of carbonyl (C=O) groups is 1. The number of anilines is 1. The Bertz CT molecular complexity index is 1250. The number of benzene rings is 1. The van der Waals surface area contributed by atoms with Crippen LogP contribution >= 0.6 is 0 Å². The number of aromatic nitrogens is 3. The van der Waals surface area contributed by atoms with Gasteiger partial charge in [0.2, 0.25) is 5.92 Å². The molecule has 0 bridgehead atoms. The lowest BCUT2D eigenvalue weighted by atomic mass is 9.83. The van der Waals surface area contributed by atoms with E-state index in [4.69, 9.17) is 4.74 Å². The van der Waals surface area contributed by atoms with Crippen LogP contribution in [0.1, 0.15) is 68.4 Å². The summed E-state index contributed by atoms with van der Waals surface area (Å²) in [6.45, 7) is 5.49. The Morgan fingerprint density at radius 3 is 2.33 bits per heavy atom. The molecule has 190 valence electrons. The van der Waals surface area contributed by atoms with Crippen molar-refractivity contribution in [3.05, 3.63) is 65.7 Å². The fourth-order valence-electron chi connectivity index (χ4n) is 4.11. The number of halogens is 4. The van der Waals surface area contributed by atoms with Crippen LogP contribution in [0.2, 0.25) is 0 Å². The normalized spacial score (nSPS) is 16.0. The Morgan fingerprint density at radius 2 is 1.69 bits per heavy atom. The monoisotopic (exact) mass is 502 g/mol. The lowest BCUT2D eigenvalue weighted by Gasteiger charge is -2.29. The SMILES string of the molecule is CC(C)(C)Oc1ncc(C(=O)Nc2c(-c3cc(F)ccc3F)ccnc2C2CCC(F)(F)CC2)cn1. The quantitative estimate of drug-likeness (QED) is 0.401. The summed E-state index contributed by atoms with van der Waals surface area (Å²) in [4.78, 5) is 25.6. The summed E-state index contributed by atoms with van der Waals surface area (Å²) in [5.41, 5.74) is 0.143. The third kappa shape index (κ3) is 5.98. The molecule has 1 aliphatic carbocycles. The van der Waals surface area contributed by atoms with E-state index >= 15 is 0 Å². The van der Waals surface area contributed by atoms with E-state index < -0.39 is 35.0 Å². The molecule has 3 aromatic rings. The molecule has 0 saturated heterocycles. The van der Waals surface area contributed by atoms with Crippen molar-refractivity contribution in [2.24, 2.45) is 0 Å². The molecule has 0 spiro atoms. The van der Waals surface area contributed by atoms with Gasteiger partial charge in [0.05, 0.1) is 16.9 Å². The van der Waals surface area contributed by atoms with E-state index in [2.05, 4.69) is 20.3 Å². The molecular weight excluding hydrogens is 476 g/mol. The highest BCUT2D eigenvalue weighted by molar-refractivity contribution is 6.06. The maximum absolute atomic E-state index is 14.7. The van der Waals surface area contributed by atoms with Gasteiger partial charge in [0.25, 0.3) is 5.91 Å². The highest BCUT2D eigenvalue weighted by Crippen LogP contribution is 2.44. The Balaban J connectivity index is 1.71. The predicted molar refractivity (Wildman–Crippen MR) is 126 cm³/mol. The zero-order chi connectivity index (χ0) is 26.1. The molecule has 1 aromatic carbocycles. The molecule has 0 radical (unpaired) electrons. The van der Waals surface area contributed by atoms with E-state index in [9.17, 15) is 22.4 Å².